The average molecular weight is 299 g/mol. The van der Waals surface area contributed by atoms with Gasteiger partial charge in [0.05, 0.1) is 19.6 Å². The quantitative estimate of drug-likeness (QED) is 0.859. The molecule has 0 fully saturated rings. The standard InChI is InChI=1S/C17H17NO4/c1-22-14-9-7-13(8-10-14)17(21)18-15(11-16(19)20)12-5-3-2-4-6-12/h2-10,15H,11H2,1H3,(H,18,21)(H,19,20)/t15-/m0/s1. The summed E-state index contributed by atoms with van der Waals surface area (Å²) >= 11 is 0. The summed E-state index contributed by atoms with van der Waals surface area (Å²) in [6.45, 7) is 0. The number of ether oxygens (including phenoxy) is 1. The first-order valence-electron chi connectivity index (χ1n) is 6.82. The lowest BCUT2D eigenvalue weighted by molar-refractivity contribution is -0.137. The SMILES string of the molecule is COc1ccc(C(=O)N[C@@H](CC(=O)O)c2ccccc2)cc1. The second kappa shape index (κ2) is 7.26. The van der Waals surface area contributed by atoms with E-state index in [1.165, 1.54) is 0 Å². The van der Waals surface area contributed by atoms with Crippen LogP contribution in [-0.4, -0.2) is 24.1 Å². The molecule has 0 aromatic heterocycles. The first kappa shape index (κ1) is 15.6. The maximum Gasteiger partial charge on any atom is 0.305 e. The Morgan fingerprint density at radius 2 is 1.73 bits per heavy atom. The Bertz CT molecular complexity index is 637. The molecule has 1 atom stereocenters. The zero-order valence-electron chi connectivity index (χ0n) is 12.2. The first-order chi connectivity index (χ1) is 10.6. The molecular weight excluding hydrogens is 282 g/mol. The van der Waals surface area contributed by atoms with Crippen molar-refractivity contribution in [3.05, 3.63) is 65.7 Å². The van der Waals surface area contributed by atoms with Gasteiger partial charge in [0.15, 0.2) is 0 Å². The summed E-state index contributed by atoms with van der Waals surface area (Å²) in [6, 6.07) is 15.1. The lowest BCUT2D eigenvalue weighted by Gasteiger charge is -2.17. The van der Waals surface area contributed by atoms with E-state index in [-0.39, 0.29) is 12.3 Å². The molecule has 1 amide bonds. The highest BCUT2D eigenvalue weighted by atomic mass is 16.5. The van der Waals surface area contributed by atoms with Crippen LogP contribution < -0.4 is 10.1 Å². The van der Waals surface area contributed by atoms with E-state index in [1.807, 2.05) is 18.2 Å². The smallest absolute Gasteiger partial charge is 0.305 e. The number of aliphatic carboxylic acids is 1. The topological polar surface area (TPSA) is 75.6 Å². The highest BCUT2D eigenvalue weighted by molar-refractivity contribution is 5.94. The van der Waals surface area contributed by atoms with Gasteiger partial charge in [-0.05, 0) is 29.8 Å². The molecule has 2 N–H and O–H groups in total. The molecule has 5 heteroatoms. The van der Waals surface area contributed by atoms with E-state index in [4.69, 9.17) is 9.84 Å². The van der Waals surface area contributed by atoms with Crippen molar-refractivity contribution in [1.29, 1.82) is 0 Å². The van der Waals surface area contributed by atoms with Crippen molar-refractivity contribution >= 4 is 11.9 Å². The van der Waals surface area contributed by atoms with Gasteiger partial charge < -0.3 is 15.2 Å². The largest absolute Gasteiger partial charge is 0.497 e. The summed E-state index contributed by atoms with van der Waals surface area (Å²) in [7, 11) is 1.55. The number of carboxylic acid groups (broad SMARTS) is 1. The van der Waals surface area contributed by atoms with E-state index in [0.717, 1.165) is 5.56 Å². The van der Waals surface area contributed by atoms with Crippen LogP contribution in [0, 0.1) is 0 Å². The number of hydrogen-bond acceptors (Lipinski definition) is 3. The number of benzene rings is 2. The second-order valence-electron chi connectivity index (χ2n) is 4.76. The Kier molecular flexibility index (Phi) is 5.14. The fourth-order valence-electron chi connectivity index (χ4n) is 2.10. The molecule has 0 spiro atoms. The minimum Gasteiger partial charge on any atom is -0.497 e. The van der Waals surface area contributed by atoms with Gasteiger partial charge in [0.2, 0.25) is 0 Å². The van der Waals surface area contributed by atoms with Gasteiger partial charge in [-0.1, -0.05) is 30.3 Å². The maximum atomic E-state index is 12.3. The van der Waals surface area contributed by atoms with E-state index in [2.05, 4.69) is 5.32 Å². The van der Waals surface area contributed by atoms with Crippen LogP contribution in [0.3, 0.4) is 0 Å². The van der Waals surface area contributed by atoms with Gasteiger partial charge in [0, 0.05) is 5.56 Å². The van der Waals surface area contributed by atoms with Gasteiger partial charge in [-0.2, -0.15) is 0 Å². The number of methoxy groups -OCH3 is 1. The summed E-state index contributed by atoms with van der Waals surface area (Å²) in [6.07, 6.45) is -0.175. The van der Waals surface area contributed by atoms with Crippen LogP contribution in [0.4, 0.5) is 0 Å². The third kappa shape index (κ3) is 4.09. The molecule has 0 saturated carbocycles. The third-order valence-electron chi connectivity index (χ3n) is 3.24. The Balaban J connectivity index is 2.15. The molecule has 2 aromatic rings. The number of amides is 1. The molecule has 0 saturated heterocycles. The van der Waals surface area contributed by atoms with Crippen LogP contribution in [0.25, 0.3) is 0 Å². The molecule has 114 valence electrons. The number of carbonyl (C=O) groups excluding carboxylic acids is 1. The van der Waals surface area contributed by atoms with Crippen molar-refractivity contribution in [3.63, 3.8) is 0 Å². The molecular formula is C17H17NO4. The Labute approximate surface area is 128 Å². The highest BCUT2D eigenvalue weighted by Crippen LogP contribution is 2.18. The van der Waals surface area contributed by atoms with E-state index in [9.17, 15) is 9.59 Å². The maximum absolute atomic E-state index is 12.3. The second-order valence-corrected chi connectivity index (χ2v) is 4.76. The summed E-state index contributed by atoms with van der Waals surface area (Å²) in [5.41, 5.74) is 1.21. The van der Waals surface area contributed by atoms with Crippen LogP contribution in [-0.2, 0) is 4.79 Å². The zero-order chi connectivity index (χ0) is 15.9. The van der Waals surface area contributed by atoms with Gasteiger partial charge in [0.1, 0.15) is 5.75 Å². The number of carboxylic acids is 1. The molecule has 0 aliphatic carbocycles. The normalized spacial score (nSPS) is 11.5. The zero-order valence-corrected chi connectivity index (χ0v) is 12.2. The fraction of sp³-hybridized carbons (Fsp3) is 0.176. The fourth-order valence-corrected chi connectivity index (χ4v) is 2.10. The van der Waals surface area contributed by atoms with Crippen molar-refractivity contribution in [2.24, 2.45) is 0 Å². The molecule has 2 aromatic carbocycles. The van der Waals surface area contributed by atoms with Crippen molar-refractivity contribution < 1.29 is 19.4 Å². The number of nitrogens with one attached hydrogen (secondary N) is 1. The van der Waals surface area contributed by atoms with E-state index >= 15 is 0 Å². The molecule has 22 heavy (non-hydrogen) atoms. The van der Waals surface area contributed by atoms with Gasteiger partial charge in [-0.15, -0.1) is 0 Å². The van der Waals surface area contributed by atoms with Crippen molar-refractivity contribution in [1.82, 2.24) is 5.32 Å². The lowest BCUT2D eigenvalue weighted by Crippen LogP contribution is -2.30. The van der Waals surface area contributed by atoms with Crippen molar-refractivity contribution in [2.75, 3.05) is 7.11 Å². The Hall–Kier alpha value is -2.82. The van der Waals surface area contributed by atoms with E-state index in [0.29, 0.717) is 11.3 Å². The van der Waals surface area contributed by atoms with Crippen LogP contribution in [0.2, 0.25) is 0 Å². The Morgan fingerprint density at radius 1 is 1.09 bits per heavy atom. The summed E-state index contributed by atoms with van der Waals surface area (Å²) in [5.74, 6) is -0.636. The molecule has 0 radical (unpaired) electrons. The van der Waals surface area contributed by atoms with Gasteiger partial charge >= 0.3 is 5.97 Å². The van der Waals surface area contributed by atoms with Gasteiger partial charge in [-0.25, -0.2) is 0 Å². The molecule has 2 rings (SSSR count). The Morgan fingerprint density at radius 3 is 2.27 bits per heavy atom. The summed E-state index contributed by atoms with van der Waals surface area (Å²) in [5, 5.41) is 11.8. The van der Waals surface area contributed by atoms with Crippen LogP contribution in [0.5, 0.6) is 5.75 Å². The van der Waals surface area contributed by atoms with E-state index < -0.39 is 12.0 Å². The molecule has 5 nitrogen and oxygen atoms in total. The average Bonchev–Trinajstić information content (AvgIpc) is 2.54. The molecule has 0 unspecified atom stereocenters. The summed E-state index contributed by atoms with van der Waals surface area (Å²) < 4.78 is 5.04. The predicted octanol–water partition coefficient (Wildman–Crippen LogP) is 2.64. The predicted molar refractivity (Wildman–Crippen MR) is 81.9 cm³/mol. The van der Waals surface area contributed by atoms with Crippen molar-refractivity contribution in [2.45, 2.75) is 12.5 Å². The van der Waals surface area contributed by atoms with Crippen LogP contribution in [0.1, 0.15) is 28.4 Å². The minimum absolute atomic E-state index is 0.175. The van der Waals surface area contributed by atoms with Crippen LogP contribution in [0.15, 0.2) is 54.6 Å². The summed E-state index contributed by atoms with van der Waals surface area (Å²) in [4.78, 5) is 23.3. The molecule has 0 aliphatic heterocycles. The van der Waals surface area contributed by atoms with Gasteiger partial charge in [-0.3, -0.25) is 9.59 Å². The molecule has 0 aliphatic rings. The first-order valence-corrected chi connectivity index (χ1v) is 6.82. The number of hydrogen-bond donors (Lipinski definition) is 2. The van der Waals surface area contributed by atoms with Gasteiger partial charge in [0.25, 0.3) is 5.91 Å². The van der Waals surface area contributed by atoms with E-state index in [1.54, 1.807) is 43.5 Å². The highest BCUT2D eigenvalue weighted by Gasteiger charge is 2.18. The minimum atomic E-state index is -0.969. The molecule has 0 bridgehead atoms. The van der Waals surface area contributed by atoms with Crippen molar-refractivity contribution in [3.8, 4) is 5.75 Å². The molecule has 0 heterocycles. The lowest BCUT2D eigenvalue weighted by atomic mass is 10.0. The third-order valence-corrected chi connectivity index (χ3v) is 3.24. The monoisotopic (exact) mass is 299 g/mol. The number of rotatable bonds is 6. The number of carbonyl (C=O) groups is 2. The van der Waals surface area contributed by atoms with Crippen LogP contribution >= 0.6 is 0 Å².